The number of benzene rings is 1. The molecule has 1 aliphatic heterocycles. The minimum Gasteiger partial charge on any atom is -0.481 e. The summed E-state index contributed by atoms with van der Waals surface area (Å²) in [6, 6.07) is 4.58. The van der Waals surface area contributed by atoms with E-state index in [0.29, 0.717) is 25.5 Å². The predicted molar refractivity (Wildman–Crippen MR) is 71.4 cm³/mol. The van der Waals surface area contributed by atoms with Crippen molar-refractivity contribution in [2.24, 2.45) is 5.92 Å². The van der Waals surface area contributed by atoms with Crippen molar-refractivity contribution in [3.63, 3.8) is 0 Å². The van der Waals surface area contributed by atoms with Gasteiger partial charge in [-0.25, -0.2) is 0 Å². The van der Waals surface area contributed by atoms with Gasteiger partial charge in [0.15, 0.2) is 5.58 Å². The smallest absolute Gasteiger partial charge is 0.308 e. The zero-order valence-corrected chi connectivity index (χ0v) is 11.0. The van der Waals surface area contributed by atoms with Crippen LogP contribution in [0.2, 0.25) is 0 Å². The molecule has 0 radical (unpaired) electrons. The normalized spacial score (nSPS) is 19.3. The lowest BCUT2D eigenvalue weighted by atomic mass is 10.1. The molecule has 0 saturated carbocycles. The molecule has 3 rings (SSSR count). The molecule has 0 spiro atoms. The molecule has 1 aromatic carbocycles. The topological polar surface area (TPSA) is 66.6 Å². The zero-order valence-electron chi connectivity index (χ0n) is 11.0. The van der Waals surface area contributed by atoms with E-state index >= 15 is 0 Å². The van der Waals surface area contributed by atoms with Crippen LogP contribution in [0.4, 0.5) is 6.01 Å². The standard InChI is InChI=1S/C14H16N2O3/c1-8-5-9(2)12-11(6-8)15-14(19-12)16-4-3-10(7-16)13(17)18/h5-6,10H,3-4,7H2,1-2H3,(H,17,18)/t10-/m0/s1. The molecule has 1 aliphatic rings. The van der Waals surface area contributed by atoms with Gasteiger partial charge in [0.25, 0.3) is 6.01 Å². The van der Waals surface area contributed by atoms with Gasteiger partial charge in [-0.05, 0) is 37.5 Å². The first-order valence-electron chi connectivity index (χ1n) is 6.40. The van der Waals surface area contributed by atoms with Gasteiger partial charge in [-0.1, -0.05) is 6.07 Å². The highest BCUT2D eigenvalue weighted by molar-refractivity contribution is 5.79. The molecule has 1 N–H and O–H groups in total. The van der Waals surface area contributed by atoms with Gasteiger partial charge in [-0.2, -0.15) is 4.98 Å². The highest BCUT2D eigenvalue weighted by Gasteiger charge is 2.30. The van der Waals surface area contributed by atoms with Crippen LogP contribution in [0, 0.1) is 19.8 Å². The lowest BCUT2D eigenvalue weighted by Crippen LogP contribution is -2.22. The fourth-order valence-electron chi connectivity index (χ4n) is 2.64. The Balaban J connectivity index is 1.94. The second-order valence-electron chi connectivity index (χ2n) is 5.20. The first-order valence-corrected chi connectivity index (χ1v) is 6.40. The summed E-state index contributed by atoms with van der Waals surface area (Å²) >= 11 is 0. The van der Waals surface area contributed by atoms with Crippen LogP contribution in [0.3, 0.4) is 0 Å². The Kier molecular flexibility index (Phi) is 2.69. The summed E-state index contributed by atoms with van der Waals surface area (Å²) < 4.78 is 5.79. The van der Waals surface area contributed by atoms with Gasteiger partial charge >= 0.3 is 5.97 Å². The van der Waals surface area contributed by atoms with Crippen LogP contribution in [0.15, 0.2) is 16.5 Å². The number of hydrogen-bond acceptors (Lipinski definition) is 4. The molecule has 0 amide bonds. The fraction of sp³-hybridized carbons (Fsp3) is 0.429. The van der Waals surface area contributed by atoms with Gasteiger partial charge in [0.2, 0.25) is 0 Å². The molecule has 1 fully saturated rings. The van der Waals surface area contributed by atoms with E-state index in [9.17, 15) is 4.79 Å². The number of nitrogens with zero attached hydrogens (tertiary/aromatic N) is 2. The van der Waals surface area contributed by atoms with Crippen LogP contribution in [0.25, 0.3) is 11.1 Å². The molecule has 0 unspecified atom stereocenters. The van der Waals surface area contributed by atoms with Crippen LogP contribution in [0.5, 0.6) is 0 Å². The van der Waals surface area contributed by atoms with Gasteiger partial charge in [-0.3, -0.25) is 4.79 Å². The van der Waals surface area contributed by atoms with Gasteiger partial charge in [0.1, 0.15) is 5.52 Å². The summed E-state index contributed by atoms with van der Waals surface area (Å²) in [4.78, 5) is 17.4. The number of aryl methyl sites for hydroxylation is 2. The van der Waals surface area contributed by atoms with Gasteiger partial charge < -0.3 is 14.4 Å². The Labute approximate surface area is 110 Å². The maximum Gasteiger partial charge on any atom is 0.308 e. The summed E-state index contributed by atoms with van der Waals surface area (Å²) in [5, 5.41) is 9.02. The van der Waals surface area contributed by atoms with Crippen LogP contribution in [-0.2, 0) is 4.79 Å². The predicted octanol–water partition coefficient (Wildman–Crippen LogP) is 2.36. The summed E-state index contributed by atoms with van der Waals surface area (Å²) in [5.41, 5.74) is 3.84. The number of oxazole rings is 1. The highest BCUT2D eigenvalue weighted by atomic mass is 16.4. The Morgan fingerprint density at radius 1 is 1.47 bits per heavy atom. The van der Waals surface area contributed by atoms with E-state index in [4.69, 9.17) is 9.52 Å². The van der Waals surface area contributed by atoms with Gasteiger partial charge in [0.05, 0.1) is 5.92 Å². The van der Waals surface area contributed by atoms with E-state index < -0.39 is 5.97 Å². The second-order valence-corrected chi connectivity index (χ2v) is 5.20. The van der Waals surface area contributed by atoms with Crippen molar-refractivity contribution < 1.29 is 14.3 Å². The number of carboxylic acid groups (broad SMARTS) is 1. The zero-order chi connectivity index (χ0) is 13.6. The second kappa shape index (κ2) is 4.26. The van der Waals surface area contributed by atoms with E-state index in [-0.39, 0.29) is 5.92 Å². The van der Waals surface area contributed by atoms with Crippen molar-refractivity contribution >= 4 is 23.1 Å². The summed E-state index contributed by atoms with van der Waals surface area (Å²) in [6.45, 7) is 5.17. The minimum absolute atomic E-state index is 0.321. The van der Waals surface area contributed by atoms with Crippen molar-refractivity contribution in [3.05, 3.63) is 23.3 Å². The number of carboxylic acids is 1. The third kappa shape index (κ3) is 2.05. The first kappa shape index (κ1) is 12.0. The SMILES string of the molecule is Cc1cc(C)c2oc(N3CC[C@H](C(=O)O)C3)nc2c1. The molecule has 1 saturated heterocycles. The summed E-state index contributed by atoms with van der Waals surface area (Å²) in [5.74, 6) is -1.07. The molecule has 100 valence electrons. The monoisotopic (exact) mass is 260 g/mol. The number of carbonyl (C=O) groups is 1. The van der Waals surface area contributed by atoms with Crippen molar-refractivity contribution in [2.45, 2.75) is 20.3 Å². The van der Waals surface area contributed by atoms with E-state index in [0.717, 1.165) is 22.2 Å². The van der Waals surface area contributed by atoms with E-state index in [1.165, 1.54) is 0 Å². The summed E-state index contributed by atoms with van der Waals surface area (Å²) in [6.07, 6.45) is 0.645. The number of aliphatic carboxylic acids is 1. The molecular weight excluding hydrogens is 244 g/mol. The molecular formula is C14H16N2O3. The van der Waals surface area contributed by atoms with E-state index in [1.807, 2.05) is 24.8 Å². The third-order valence-corrected chi connectivity index (χ3v) is 3.62. The van der Waals surface area contributed by atoms with Crippen molar-refractivity contribution in [1.29, 1.82) is 0 Å². The Morgan fingerprint density at radius 2 is 2.26 bits per heavy atom. The van der Waals surface area contributed by atoms with E-state index in [1.54, 1.807) is 0 Å². The number of aromatic nitrogens is 1. The lowest BCUT2D eigenvalue weighted by molar-refractivity contribution is -0.140. The minimum atomic E-state index is -0.745. The van der Waals surface area contributed by atoms with Crippen molar-refractivity contribution in [3.8, 4) is 0 Å². The Bertz CT molecular complexity index is 647. The maximum absolute atomic E-state index is 11.0. The lowest BCUT2D eigenvalue weighted by Gasteiger charge is -2.11. The molecule has 1 aromatic heterocycles. The fourth-order valence-corrected chi connectivity index (χ4v) is 2.64. The molecule has 0 aliphatic carbocycles. The average molecular weight is 260 g/mol. The van der Waals surface area contributed by atoms with Crippen molar-refractivity contribution in [1.82, 2.24) is 4.98 Å². The molecule has 1 atom stereocenters. The van der Waals surface area contributed by atoms with Crippen LogP contribution >= 0.6 is 0 Å². The molecule has 0 bridgehead atoms. The molecule has 5 nitrogen and oxygen atoms in total. The van der Waals surface area contributed by atoms with Crippen molar-refractivity contribution in [2.75, 3.05) is 18.0 Å². The average Bonchev–Trinajstić information content (AvgIpc) is 2.92. The Hall–Kier alpha value is -2.04. The molecule has 2 heterocycles. The molecule has 2 aromatic rings. The van der Waals surface area contributed by atoms with Crippen LogP contribution in [-0.4, -0.2) is 29.1 Å². The van der Waals surface area contributed by atoms with Gasteiger partial charge in [-0.15, -0.1) is 0 Å². The largest absolute Gasteiger partial charge is 0.481 e. The molecule has 5 heteroatoms. The molecule has 19 heavy (non-hydrogen) atoms. The highest BCUT2D eigenvalue weighted by Crippen LogP contribution is 2.29. The number of hydrogen-bond donors (Lipinski definition) is 1. The first-order chi connectivity index (χ1) is 9.04. The van der Waals surface area contributed by atoms with E-state index in [2.05, 4.69) is 11.1 Å². The summed E-state index contributed by atoms with van der Waals surface area (Å²) in [7, 11) is 0. The number of rotatable bonds is 2. The van der Waals surface area contributed by atoms with Gasteiger partial charge in [0, 0.05) is 13.1 Å². The number of anilines is 1. The quantitative estimate of drug-likeness (QED) is 0.897. The third-order valence-electron chi connectivity index (χ3n) is 3.62. The number of fused-ring (bicyclic) bond motifs is 1. The Morgan fingerprint density at radius 3 is 2.95 bits per heavy atom. The maximum atomic E-state index is 11.0. The van der Waals surface area contributed by atoms with Crippen LogP contribution in [0.1, 0.15) is 17.5 Å². The van der Waals surface area contributed by atoms with Crippen LogP contribution < -0.4 is 4.90 Å².